The summed E-state index contributed by atoms with van der Waals surface area (Å²) in [5.74, 6) is -1.16. The third-order valence-corrected chi connectivity index (χ3v) is 5.25. The first-order valence-corrected chi connectivity index (χ1v) is 9.09. The number of halogens is 1. The smallest absolute Gasteiger partial charge is 0.317 e. The SMILES string of the molecule is COC(=O)[C@@]1(c2cccc(OCc3cccc(I)c3)c2)C[C@@H]1C(=O)NO. The van der Waals surface area contributed by atoms with Crippen molar-refractivity contribution in [1.82, 2.24) is 5.48 Å². The van der Waals surface area contributed by atoms with Crippen LogP contribution in [0.2, 0.25) is 0 Å². The van der Waals surface area contributed by atoms with Crippen molar-refractivity contribution >= 4 is 34.5 Å². The number of ether oxygens (including phenoxy) is 2. The summed E-state index contributed by atoms with van der Waals surface area (Å²) in [6.07, 6.45) is 0.284. The van der Waals surface area contributed by atoms with Crippen molar-refractivity contribution in [2.24, 2.45) is 5.92 Å². The van der Waals surface area contributed by atoms with Crippen molar-refractivity contribution in [2.75, 3.05) is 7.11 Å². The van der Waals surface area contributed by atoms with Gasteiger partial charge in [0.2, 0.25) is 5.91 Å². The number of hydrogen-bond donors (Lipinski definition) is 2. The molecule has 3 rings (SSSR count). The van der Waals surface area contributed by atoms with Gasteiger partial charge in [0.05, 0.1) is 13.0 Å². The van der Waals surface area contributed by atoms with E-state index in [1.807, 2.05) is 24.3 Å². The Bertz CT molecular complexity index is 840. The van der Waals surface area contributed by atoms with Gasteiger partial charge in [-0.25, -0.2) is 5.48 Å². The minimum atomic E-state index is -1.08. The molecule has 2 aromatic rings. The lowest BCUT2D eigenvalue weighted by Gasteiger charge is -2.16. The second-order valence-corrected chi connectivity index (χ2v) is 7.39. The zero-order chi connectivity index (χ0) is 18.7. The Morgan fingerprint density at radius 2 is 2.04 bits per heavy atom. The van der Waals surface area contributed by atoms with Crippen molar-refractivity contribution in [2.45, 2.75) is 18.4 Å². The number of hydroxylamine groups is 1. The quantitative estimate of drug-likeness (QED) is 0.296. The van der Waals surface area contributed by atoms with E-state index >= 15 is 0 Å². The molecule has 0 aliphatic heterocycles. The first kappa shape index (κ1) is 18.7. The van der Waals surface area contributed by atoms with E-state index in [1.165, 1.54) is 7.11 Å². The molecule has 0 saturated heterocycles. The van der Waals surface area contributed by atoms with Crippen molar-refractivity contribution in [3.63, 3.8) is 0 Å². The fourth-order valence-corrected chi connectivity index (χ4v) is 3.77. The van der Waals surface area contributed by atoms with Gasteiger partial charge < -0.3 is 9.47 Å². The highest BCUT2D eigenvalue weighted by atomic mass is 127. The Balaban J connectivity index is 1.81. The zero-order valence-electron chi connectivity index (χ0n) is 14.1. The van der Waals surface area contributed by atoms with E-state index in [2.05, 4.69) is 22.6 Å². The molecule has 1 saturated carbocycles. The third kappa shape index (κ3) is 3.54. The summed E-state index contributed by atoms with van der Waals surface area (Å²) in [6, 6.07) is 15.1. The average molecular weight is 467 g/mol. The van der Waals surface area contributed by atoms with Crippen LogP contribution in [0.25, 0.3) is 0 Å². The van der Waals surface area contributed by atoms with Crippen LogP contribution in [-0.2, 0) is 26.3 Å². The normalized spacial score (nSPS) is 21.0. The van der Waals surface area contributed by atoms with Crippen LogP contribution in [-0.4, -0.2) is 24.2 Å². The number of carbonyl (C=O) groups excluding carboxylic acids is 2. The molecule has 0 unspecified atom stereocenters. The molecule has 1 aliphatic carbocycles. The number of methoxy groups -OCH3 is 1. The van der Waals surface area contributed by atoms with Gasteiger partial charge in [-0.05, 0) is 64.4 Å². The molecule has 7 heteroatoms. The molecule has 1 amide bonds. The maximum Gasteiger partial charge on any atom is 0.317 e. The van der Waals surface area contributed by atoms with Crippen molar-refractivity contribution in [1.29, 1.82) is 0 Å². The summed E-state index contributed by atoms with van der Waals surface area (Å²) in [5.41, 5.74) is 2.21. The van der Waals surface area contributed by atoms with Crippen LogP contribution in [0.3, 0.4) is 0 Å². The van der Waals surface area contributed by atoms with Crippen LogP contribution >= 0.6 is 22.6 Å². The Kier molecular flexibility index (Phi) is 5.47. The van der Waals surface area contributed by atoms with Crippen molar-refractivity contribution in [3.8, 4) is 5.75 Å². The molecule has 2 atom stereocenters. The van der Waals surface area contributed by atoms with Gasteiger partial charge >= 0.3 is 5.97 Å². The van der Waals surface area contributed by atoms with Crippen LogP contribution in [0, 0.1) is 9.49 Å². The molecular formula is C19H18INO5. The highest BCUT2D eigenvalue weighted by Gasteiger charge is 2.65. The highest BCUT2D eigenvalue weighted by molar-refractivity contribution is 14.1. The molecule has 0 bridgehead atoms. The maximum absolute atomic E-state index is 12.3. The first-order chi connectivity index (χ1) is 12.5. The molecule has 2 N–H and O–H groups in total. The molecule has 0 aromatic heterocycles. The summed E-state index contributed by atoms with van der Waals surface area (Å²) in [6.45, 7) is 0.395. The number of carbonyl (C=O) groups is 2. The van der Waals surface area contributed by atoms with E-state index in [1.54, 1.807) is 29.7 Å². The first-order valence-electron chi connectivity index (χ1n) is 8.01. The topological polar surface area (TPSA) is 84.9 Å². The predicted octanol–water partition coefficient (Wildman–Crippen LogP) is 2.81. The lowest BCUT2D eigenvalue weighted by molar-refractivity contribution is -0.146. The highest BCUT2D eigenvalue weighted by Crippen LogP contribution is 2.55. The summed E-state index contributed by atoms with van der Waals surface area (Å²) in [5, 5.41) is 8.89. The average Bonchev–Trinajstić information content (AvgIpc) is 3.42. The summed E-state index contributed by atoms with van der Waals surface area (Å²) < 4.78 is 11.9. The fraction of sp³-hybridized carbons (Fsp3) is 0.263. The minimum absolute atomic E-state index is 0.284. The zero-order valence-corrected chi connectivity index (χ0v) is 16.2. The number of esters is 1. The second-order valence-electron chi connectivity index (χ2n) is 6.14. The van der Waals surface area contributed by atoms with Gasteiger partial charge in [-0.2, -0.15) is 0 Å². The third-order valence-electron chi connectivity index (χ3n) is 4.58. The van der Waals surface area contributed by atoms with Gasteiger partial charge in [0, 0.05) is 3.57 Å². The van der Waals surface area contributed by atoms with Crippen molar-refractivity contribution < 1.29 is 24.3 Å². The Morgan fingerprint density at radius 1 is 1.27 bits per heavy atom. The number of nitrogens with one attached hydrogen (secondary N) is 1. The molecule has 1 fully saturated rings. The van der Waals surface area contributed by atoms with Gasteiger partial charge in [-0.3, -0.25) is 14.8 Å². The Hall–Kier alpha value is -2.13. The molecule has 0 radical (unpaired) electrons. The minimum Gasteiger partial charge on any atom is -0.489 e. The van der Waals surface area contributed by atoms with E-state index in [9.17, 15) is 9.59 Å². The van der Waals surface area contributed by atoms with Crippen LogP contribution in [0.1, 0.15) is 17.5 Å². The molecule has 2 aromatic carbocycles. The number of amides is 1. The number of rotatable bonds is 6. The van der Waals surface area contributed by atoms with E-state index in [-0.39, 0.29) is 6.42 Å². The lowest BCUT2D eigenvalue weighted by Crippen LogP contribution is -2.31. The monoisotopic (exact) mass is 467 g/mol. The van der Waals surface area contributed by atoms with Crippen molar-refractivity contribution in [3.05, 3.63) is 63.2 Å². The van der Waals surface area contributed by atoms with Gasteiger partial charge in [0.1, 0.15) is 17.8 Å². The molecule has 26 heavy (non-hydrogen) atoms. The van der Waals surface area contributed by atoms with Crippen LogP contribution in [0.5, 0.6) is 5.75 Å². The maximum atomic E-state index is 12.3. The molecule has 136 valence electrons. The van der Waals surface area contributed by atoms with E-state index in [4.69, 9.17) is 14.7 Å². The molecule has 0 heterocycles. The molecule has 6 nitrogen and oxygen atoms in total. The summed E-state index contributed by atoms with van der Waals surface area (Å²) in [4.78, 5) is 24.1. The molecule has 1 aliphatic rings. The van der Waals surface area contributed by atoms with E-state index < -0.39 is 23.2 Å². The number of benzene rings is 2. The van der Waals surface area contributed by atoms with Crippen LogP contribution in [0.4, 0.5) is 0 Å². The molecule has 0 spiro atoms. The lowest BCUT2D eigenvalue weighted by atomic mass is 9.92. The fourth-order valence-electron chi connectivity index (χ4n) is 3.16. The van der Waals surface area contributed by atoms with Gasteiger partial charge in [-0.15, -0.1) is 0 Å². The standard InChI is InChI=1S/C19H18INO5/c1-25-18(23)19(10-16(19)17(22)21-24)13-5-3-7-15(9-13)26-11-12-4-2-6-14(20)8-12/h2-9,16,24H,10-11H2,1H3,(H,21,22)/t16-,19-/m1/s1. The van der Waals surface area contributed by atoms with Crippen LogP contribution in [0.15, 0.2) is 48.5 Å². The summed E-state index contributed by atoms with van der Waals surface area (Å²) >= 11 is 2.24. The summed E-state index contributed by atoms with van der Waals surface area (Å²) in [7, 11) is 1.29. The van der Waals surface area contributed by atoms with E-state index in [0.717, 1.165) is 9.13 Å². The number of hydrogen-bond acceptors (Lipinski definition) is 5. The van der Waals surface area contributed by atoms with E-state index in [0.29, 0.717) is 17.9 Å². The van der Waals surface area contributed by atoms with Gasteiger partial charge in [0.15, 0.2) is 0 Å². The van der Waals surface area contributed by atoms with Gasteiger partial charge in [0.25, 0.3) is 0 Å². The second kappa shape index (κ2) is 7.63. The Labute approximate surface area is 164 Å². The Morgan fingerprint density at radius 3 is 2.73 bits per heavy atom. The largest absolute Gasteiger partial charge is 0.489 e. The predicted molar refractivity (Wildman–Crippen MR) is 102 cm³/mol. The van der Waals surface area contributed by atoms with Gasteiger partial charge in [-0.1, -0.05) is 24.3 Å². The van der Waals surface area contributed by atoms with Crippen LogP contribution < -0.4 is 10.2 Å². The molecular weight excluding hydrogens is 449 g/mol.